The van der Waals surface area contributed by atoms with Gasteiger partial charge in [0.15, 0.2) is 0 Å². The highest BCUT2D eigenvalue weighted by molar-refractivity contribution is 8.18. The predicted molar refractivity (Wildman–Crippen MR) is 115 cm³/mol. The summed E-state index contributed by atoms with van der Waals surface area (Å²) >= 11 is 2.36. The number of pyridine rings is 1. The Morgan fingerprint density at radius 2 is 1.97 bits per heavy atom. The van der Waals surface area contributed by atoms with Crippen molar-refractivity contribution in [1.82, 2.24) is 14.4 Å². The van der Waals surface area contributed by atoms with Crippen LogP contribution < -0.4 is 5.56 Å². The molecule has 2 unspecified atom stereocenters. The van der Waals surface area contributed by atoms with Crippen molar-refractivity contribution in [2.75, 3.05) is 19.6 Å². The van der Waals surface area contributed by atoms with E-state index in [-0.39, 0.29) is 29.8 Å². The van der Waals surface area contributed by atoms with Gasteiger partial charge in [-0.1, -0.05) is 12.1 Å². The first-order chi connectivity index (χ1) is 14.5. The molecule has 3 aliphatic heterocycles. The fourth-order valence-electron chi connectivity index (χ4n) is 4.47. The van der Waals surface area contributed by atoms with Gasteiger partial charge in [-0.15, -0.1) is 11.3 Å². The lowest BCUT2D eigenvalue weighted by atomic mass is 9.83. The topological polar surface area (TPSA) is 79.7 Å². The van der Waals surface area contributed by atoms with Crippen LogP contribution in [0.25, 0.3) is 6.08 Å². The number of thioether (sulfide) groups is 1. The van der Waals surface area contributed by atoms with Crippen molar-refractivity contribution in [3.05, 3.63) is 61.5 Å². The molecule has 0 spiro atoms. The molecule has 0 aromatic carbocycles. The van der Waals surface area contributed by atoms with Crippen LogP contribution in [0.15, 0.2) is 45.4 Å². The number of thiophene rings is 1. The monoisotopic (exact) mass is 441 g/mol. The third-order valence-corrected chi connectivity index (χ3v) is 7.54. The first-order valence-electron chi connectivity index (χ1n) is 9.76. The van der Waals surface area contributed by atoms with Gasteiger partial charge in [0, 0.05) is 42.2 Å². The second-order valence-electron chi connectivity index (χ2n) is 7.78. The molecule has 0 aliphatic carbocycles. The SMILES string of the molecule is O=C(CN1C(=O)SC(=Cc2cccs2)C1=O)N1CC2CC(C1)c1cccc(=O)n1C2. The van der Waals surface area contributed by atoms with Crippen LogP contribution in [0.3, 0.4) is 0 Å². The Kier molecular flexibility index (Phi) is 4.86. The van der Waals surface area contributed by atoms with Crippen molar-refractivity contribution >= 4 is 46.2 Å². The van der Waals surface area contributed by atoms with Crippen molar-refractivity contribution in [3.63, 3.8) is 0 Å². The van der Waals surface area contributed by atoms with Crippen LogP contribution in [0.1, 0.15) is 22.9 Å². The largest absolute Gasteiger partial charge is 0.340 e. The Labute approximate surface area is 181 Å². The van der Waals surface area contributed by atoms with Gasteiger partial charge >= 0.3 is 0 Å². The molecule has 0 saturated carbocycles. The van der Waals surface area contributed by atoms with Crippen LogP contribution >= 0.6 is 23.1 Å². The Morgan fingerprint density at radius 3 is 2.77 bits per heavy atom. The molecule has 154 valence electrons. The number of hydrogen-bond donors (Lipinski definition) is 0. The quantitative estimate of drug-likeness (QED) is 0.684. The number of carbonyl (C=O) groups is 3. The molecule has 0 radical (unpaired) electrons. The van der Waals surface area contributed by atoms with Crippen LogP contribution in [0.5, 0.6) is 0 Å². The normalized spacial score (nSPS) is 24.5. The number of rotatable bonds is 3. The van der Waals surface area contributed by atoms with E-state index >= 15 is 0 Å². The highest BCUT2D eigenvalue weighted by Gasteiger charge is 2.40. The number of imide groups is 1. The van der Waals surface area contributed by atoms with E-state index in [2.05, 4.69) is 0 Å². The Balaban J connectivity index is 1.30. The maximum Gasteiger partial charge on any atom is 0.294 e. The summed E-state index contributed by atoms with van der Waals surface area (Å²) in [7, 11) is 0. The number of amides is 3. The summed E-state index contributed by atoms with van der Waals surface area (Å²) < 4.78 is 1.81. The molecular weight excluding hydrogens is 422 g/mol. The molecule has 0 N–H and O–H groups in total. The van der Waals surface area contributed by atoms with E-state index in [0.717, 1.165) is 33.7 Å². The summed E-state index contributed by atoms with van der Waals surface area (Å²) in [5.74, 6) is -0.338. The number of likely N-dealkylation sites (tertiary alicyclic amines) is 1. The van der Waals surface area contributed by atoms with Gasteiger partial charge in [0.2, 0.25) is 5.91 Å². The molecule has 2 atom stereocenters. The second-order valence-corrected chi connectivity index (χ2v) is 9.75. The van der Waals surface area contributed by atoms with Gasteiger partial charge in [-0.3, -0.25) is 24.1 Å². The van der Waals surface area contributed by atoms with E-state index in [4.69, 9.17) is 0 Å². The minimum Gasteiger partial charge on any atom is -0.340 e. The van der Waals surface area contributed by atoms with Gasteiger partial charge in [-0.25, -0.2) is 0 Å². The van der Waals surface area contributed by atoms with Gasteiger partial charge in [0.05, 0.1) is 4.91 Å². The number of fused-ring (bicyclic) bond motifs is 4. The number of hydrogen-bond acceptors (Lipinski definition) is 6. The van der Waals surface area contributed by atoms with Gasteiger partial charge in [-0.05, 0) is 47.7 Å². The van der Waals surface area contributed by atoms with E-state index < -0.39 is 11.1 Å². The second kappa shape index (κ2) is 7.55. The van der Waals surface area contributed by atoms with Gasteiger partial charge in [0.1, 0.15) is 6.54 Å². The highest BCUT2D eigenvalue weighted by Crippen LogP contribution is 2.36. The molecule has 3 amide bonds. The summed E-state index contributed by atoms with van der Waals surface area (Å²) in [6, 6.07) is 9.03. The smallest absolute Gasteiger partial charge is 0.294 e. The maximum atomic E-state index is 13.0. The van der Waals surface area contributed by atoms with E-state index in [9.17, 15) is 19.2 Å². The fraction of sp³-hybridized carbons (Fsp3) is 0.333. The summed E-state index contributed by atoms with van der Waals surface area (Å²) in [6.07, 6.45) is 2.64. The molecule has 30 heavy (non-hydrogen) atoms. The molecule has 2 aromatic heterocycles. The molecule has 2 saturated heterocycles. The lowest BCUT2D eigenvalue weighted by Crippen LogP contribution is -2.51. The molecule has 2 bridgehead atoms. The maximum absolute atomic E-state index is 13.0. The third-order valence-electron chi connectivity index (χ3n) is 5.82. The lowest BCUT2D eigenvalue weighted by Gasteiger charge is -2.43. The molecule has 5 rings (SSSR count). The zero-order valence-corrected chi connectivity index (χ0v) is 17.7. The zero-order chi connectivity index (χ0) is 20.8. The van der Waals surface area contributed by atoms with Crippen molar-refractivity contribution in [1.29, 1.82) is 0 Å². The summed E-state index contributed by atoms with van der Waals surface area (Å²) in [5.41, 5.74) is 0.957. The van der Waals surface area contributed by atoms with E-state index in [1.54, 1.807) is 23.1 Å². The first-order valence-corrected chi connectivity index (χ1v) is 11.5. The number of nitrogens with zero attached hydrogens (tertiary/aromatic N) is 3. The minimum absolute atomic E-state index is 0.00248. The first kappa shape index (κ1) is 19.3. The van der Waals surface area contributed by atoms with Gasteiger partial charge in [-0.2, -0.15) is 0 Å². The number of aromatic nitrogens is 1. The average Bonchev–Trinajstić information content (AvgIpc) is 3.33. The molecule has 7 nitrogen and oxygen atoms in total. The van der Waals surface area contributed by atoms with Gasteiger partial charge < -0.3 is 9.47 Å². The van der Waals surface area contributed by atoms with Crippen molar-refractivity contribution in [2.45, 2.75) is 18.9 Å². The fourth-order valence-corrected chi connectivity index (χ4v) is 6.04. The Hall–Kier alpha value is -2.65. The molecule has 2 aromatic rings. The lowest BCUT2D eigenvalue weighted by molar-refractivity contribution is -0.138. The van der Waals surface area contributed by atoms with Crippen molar-refractivity contribution < 1.29 is 14.4 Å². The highest BCUT2D eigenvalue weighted by atomic mass is 32.2. The summed E-state index contributed by atoms with van der Waals surface area (Å²) in [4.78, 5) is 54.2. The predicted octanol–water partition coefficient (Wildman–Crippen LogP) is 2.59. The number of piperidine rings is 1. The standard InChI is InChI=1S/C21H19N3O4S2/c25-18-5-1-4-16-14-7-13(10-23(16)18)9-22(11-14)19(26)12-24-20(27)17(30-21(24)28)8-15-3-2-6-29-15/h1-6,8,13-14H,7,9-12H2. The number of carbonyl (C=O) groups excluding carboxylic acids is 3. The third kappa shape index (κ3) is 3.41. The van der Waals surface area contributed by atoms with Crippen molar-refractivity contribution in [3.8, 4) is 0 Å². The zero-order valence-electron chi connectivity index (χ0n) is 16.0. The van der Waals surface area contributed by atoms with Crippen LogP contribution in [-0.4, -0.2) is 51.1 Å². The molecule has 3 aliphatic rings. The van der Waals surface area contributed by atoms with E-state index in [1.807, 2.05) is 28.1 Å². The minimum atomic E-state index is -0.416. The Bertz CT molecular complexity index is 1120. The average molecular weight is 442 g/mol. The van der Waals surface area contributed by atoms with E-state index in [1.165, 1.54) is 11.3 Å². The van der Waals surface area contributed by atoms with Crippen LogP contribution in [-0.2, 0) is 16.1 Å². The van der Waals surface area contributed by atoms with E-state index in [0.29, 0.717) is 24.5 Å². The molecular formula is C21H19N3O4S2. The summed E-state index contributed by atoms with van der Waals surface area (Å²) in [5, 5.41) is 1.49. The van der Waals surface area contributed by atoms with Crippen molar-refractivity contribution in [2.24, 2.45) is 5.92 Å². The molecule has 5 heterocycles. The van der Waals surface area contributed by atoms with Crippen LogP contribution in [0.4, 0.5) is 4.79 Å². The van der Waals surface area contributed by atoms with Crippen LogP contribution in [0, 0.1) is 5.92 Å². The van der Waals surface area contributed by atoms with Gasteiger partial charge in [0.25, 0.3) is 16.7 Å². The Morgan fingerprint density at radius 1 is 1.10 bits per heavy atom. The summed E-state index contributed by atoms with van der Waals surface area (Å²) in [6.45, 7) is 1.39. The molecule has 2 fully saturated rings. The van der Waals surface area contributed by atoms with Crippen LogP contribution in [0.2, 0.25) is 0 Å². The molecule has 9 heteroatoms.